The largest absolute Gasteiger partial charge is 0.489 e. The molecular formula is C21H22N4O3. The molecule has 1 amide bonds. The fraction of sp³-hybridized carbons (Fsp3) is 0.381. The number of amides is 1. The first kappa shape index (κ1) is 17.0. The summed E-state index contributed by atoms with van der Waals surface area (Å²) in [6.07, 6.45) is 9.56. The summed E-state index contributed by atoms with van der Waals surface area (Å²) in [4.78, 5) is 22.0. The van der Waals surface area contributed by atoms with Gasteiger partial charge in [-0.25, -0.2) is 4.98 Å². The number of carbonyl (C=O) groups excluding carboxylic acids is 1. The van der Waals surface area contributed by atoms with Crippen LogP contribution >= 0.6 is 0 Å². The second-order valence-electron chi connectivity index (χ2n) is 7.45. The number of rotatable bonds is 6. The Balaban J connectivity index is 1.49. The number of fused-ring (bicyclic) bond motifs is 1. The second-order valence-corrected chi connectivity index (χ2v) is 7.45. The summed E-state index contributed by atoms with van der Waals surface area (Å²) >= 11 is 0. The summed E-state index contributed by atoms with van der Waals surface area (Å²) in [7, 11) is 1.54. The number of aromatic nitrogens is 3. The minimum Gasteiger partial charge on any atom is -0.489 e. The number of hydrogen-bond donors (Lipinski definition) is 1. The van der Waals surface area contributed by atoms with Crippen LogP contribution in [0.4, 0.5) is 5.82 Å². The van der Waals surface area contributed by atoms with E-state index in [0.717, 1.165) is 30.6 Å². The van der Waals surface area contributed by atoms with Crippen LogP contribution in [0.15, 0.2) is 36.7 Å². The van der Waals surface area contributed by atoms with E-state index >= 15 is 0 Å². The lowest BCUT2D eigenvalue weighted by atomic mass is 9.96. The molecule has 7 nitrogen and oxygen atoms in total. The number of imidazole rings is 1. The number of methoxy groups -OCH3 is 1. The molecule has 28 heavy (non-hydrogen) atoms. The van der Waals surface area contributed by atoms with Gasteiger partial charge < -0.3 is 19.2 Å². The predicted octanol–water partition coefficient (Wildman–Crippen LogP) is 3.80. The minimum absolute atomic E-state index is 0.168. The van der Waals surface area contributed by atoms with Crippen LogP contribution in [0, 0.1) is 0 Å². The van der Waals surface area contributed by atoms with Crippen molar-refractivity contribution in [1.29, 1.82) is 0 Å². The van der Waals surface area contributed by atoms with Crippen LogP contribution in [0.2, 0.25) is 0 Å². The number of hydrogen-bond acceptors (Lipinski definition) is 5. The maximum atomic E-state index is 13.0. The summed E-state index contributed by atoms with van der Waals surface area (Å²) in [6.45, 7) is 0. The average molecular weight is 378 g/mol. The Morgan fingerprint density at radius 2 is 2.04 bits per heavy atom. The van der Waals surface area contributed by atoms with E-state index in [4.69, 9.17) is 14.5 Å². The molecule has 1 N–H and O–H groups in total. The number of ether oxygens (including phenoxy) is 2. The van der Waals surface area contributed by atoms with E-state index in [1.807, 2.05) is 16.7 Å². The van der Waals surface area contributed by atoms with Gasteiger partial charge in [0.1, 0.15) is 17.2 Å². The highest BCUT2D eigenvalue weighted by molar-refractivity contribution is 6.05. The van der Waals surface area contributed by atoms with Gasteiger partial charge in [0, 0.05) is 30.4 Å². The minimum atomic E-state index is -0.265. The standard InChI is InChI=1S/C21H22N4O3/c1-27-20-7-3-6-18(23-20)24-21(26)15-11-25-12-16(13-8-9-13)22-19(25)10-17(15)28-14-4-2-5-14/h3,6-7,10-14H,2,4-5,8-9H2,1H3,(H,23,24,26). The van der Waals surface area contributed by atoms with Crippen LogP contribution in [0.1, 0.15) is 54.1 Å². The number of nitrogens with one attached hydrogen (secondary N) is 1. The Morgan fingerprint density at radius 1 is 1.18 bits per heavy atom. The van der Waals surface area contributed by atoms with E-state index < -0.39 is 0 Å². The molecule has 0 radical (unpaired) electrons. The molecule has 0 bridgehead atoms. The molecule has 0 saturated heterocycles. The van der Waals surface area contributed by atoms with Gasteiger partial charge in [0.05, 0.1) is 24.5 Å². The van der Waals surface area contributed by atoms with Gasteiger partial charge in [0.15, 0.2) is 0 Å². The molecule has 2 aliphatic rings. The highest BCUT2D eigenvalue weighted by Crippen LogP contribution is 2.40. The first-order valence-electron chi connectivity index (χ1n) is 9.71. The molecular weight excluding hydrogens is 356 g/mol. The Morgan fingerprint density at radius 3 is 2.75 bits per heavy atom. The van der Waals surface area contributed by atoms with Gasteiger partial charge >= 0.3 is 0 Å². The lowest BCUT2D eigenvalue weighted by Crippen LogP contribution is -2.26. The molecule has 3 aromatic heterocycles. The van der Waals surface area contributed by atoms with E-state index in [-0.39, 0.29) is 12.0 Å². The Bertz CT molecular complexity index is 1040. The monoisotopic (exact) mass is 378 g/mol. The molecule has 3 aromatic rings. The van der Waals surface area contributed by atoms with Crippen molar-refractivity contribution in [2.24, 2.45) is 0 Å². The van der Waals surface area contributed by atoms with Gasteiger partial charge in [-0.2, -0.15) is 4.98 Å². The molecule has 144 valence electrons. The topological polar surface area (TPSA) is 77.8 Å². The highest BCUT2D eigenvalue weighted by atomic mass is 16.5. The molecule has 2 fully saturated rings. The molecule has 0 spiro atoms. The van der Waals surface area contributed by atoms with Crippen molar-refractivity contribution in [2.75, 3.05) is 12.4 Å². The van der Waals surface area contributed by atoms with Crippen LogP contribution in [0.3, 0.4) is 0 Å². The van der Waals surface area contributed by atoms with Crippen molar-refractivity contribution < 1.29 is 14.3 Å². The first-order chi connectivity index (χ1) is 13.7. The smallest absolute Gasteiger partial charge is 0.262 e. The van der Waals surface area contributed by atoms with Gasteiger partial charge in [0.2, 0.25) is 5.88 Å². The van der Waals surface area contributed by atoms with Crippen LogP contribution in [-0.2, 0) is 0 Å². The molecule has 3 heterocycles. The summed E-state index contributed by atoms with van der Waals surface area (Å²) in [5.41, 5.74) is 2.37. The number of nitrogens with zero attached hydrogens (tertiary/aromatic N) is 3. The Hall–Kier alpha value is -3.09. The fourth-order valence-electron chi connectivity index (χ4n) is 3.33. The molecule has 0 atom stereocenters. The van der Waals surface area contributed by atoms with Crippen molar-refractivity contribution in [2.45, 2.75) is 44.1 Å². The normalized spacial score (nSPS) is 16.6. The predicted molar refractivity (Wildman–Crippen MR) is 104 cm³/mol. The van der Waals surface area contributed by atoms with Gasteiger partial charge in [-0.1, -0.05) is 6.07 Å². The zero-order chi connectivity index (χ0) is 19.1. The van der Waals surface area contributed by atoms with Crippen LogP contribution in [0.5, 0.6) is 11.6 Å². The summed E-state index contributed by atoms with van der Waals surface area (Å²) < 4.78 is 13.2. The second kappa shape index (κ2) is 6.82. The molecule has 2 saturated carbocycles. The van der Waals surface area contributed by atoms with Crippen LogP contribution < -0.4 is 14.8 Å². The van der Waals surface area contributed by atoms with Gasteiger partial charge in [0.25, 0.3) is 5.91 Å². The van der Waals surface area contributed by atoms with Gasteiger partial charge in [-0.3, -0.25) is 4.79 Å². The molecule has 2 aliphatic carbocycles. The zero-order valence-corrected chi connectivity index (χ0v) is 15.7. The average Bonchev–Trinajstić information content (AvgIpc) is 3.44. The van der Waals surface area contributed by atoms with Crippen molar-refractivity contribution >= 4 is 17.4 Å². The highest BCUT2D eigenvalue weighted by Gasteiger charge is 2.28. The van der Waals surface area contributed by atoms with Crippen molar-refractivity contribution in [3.8, 4) is 11.6 Å². The van der Waals surface area contributed by atoms with E-state index in [1.165, 1.54) is 12.8 Å². The lowest BCUT2D eigenvalue weighted by molar-refractivity contribution is 0.0991. The summed E-state index contributed by atoms with van der Waals surface area (Å²) in [6, 6.07) is 7.12. The van der Waals surface area contributed by atoms with Crippen LogP contribution in [-0.4, -0.2) is 33.5 Å². The number of carbonyl (C=O) groups is 1. The molecule has 7 heteroatoms. The third-order valence-corrected chi connectivity index (χ3v) is 5.33. The number of pyridine rings is 2. The van der Waals surface area contributed by atoms with E-state index in [0.29, 0.717) is 28.9 Å². The molecule has 5 rings (SSSR count). The van der Waals surface area contributed by atoms with E-state index in [9.17, 15) is 4.79 Å². The third-order valence-electron chi connectivity index (χ3n) is 5.33. The lowest BCUT2D eigenvalue weighted by Gasteiger charge is -2.27. The van der Waals surface area contributed by atoms with Crippen molar-refractivity contribution in [3.63, 3.8) is 0 Å². The SMILES string of the molecule is COc1cccc(NC(=O)c2cn3cc(C4CC4)nc3cc2OC2CCC2)n1. The maximum Gasteiger partial charge on any atom is 0.262 e. The van der Waals surface area contributed by atoms with Gasteiger partial charge in [-0.05, 0) is 38.2 Å². The molecule has 0 unspecified atom stereocenters. The third kappa shape index (κ3) is 3.28. The fourth-order valence-corrected chi connectivity index (χ4v) is 3.33. The van der Waals surface area contributed by atoms with Gasteiger partial charge in [-0.15, -0.1) is 0 Å². The Labute approximate surface area is 162 Å². The zero-order valence-electron chi connectivity index (χ0n) is 15.7. The van der Waals surface area contributed by atoms with E-state index in [1.54, 1.807) is 31.5 Å². The maximum absolute atomic E-state index is 13.0. The van der Waals surface area contributed by atoms with Crippen molar-refractivity contribution in [1.82, 2.24) is 14.4 Å². The quantitative estimate of drug-likeness (QED) is 0.706. The first-order valence-corrected chi connectivity index (χ1v) is 9.71. The number of anilines is 1. The molecule has 0 aliphatic heterocycles. The van der Waals surface area contributed by atoms with E-state index in [2.05, 4.69) is 10.3 Å². The summed E-state index contributed by atoms with van der Waals surface area (Å²) in [5, 5.41) is 2.85. The van der Waals surface area contributed by atoms with Crippen LogP contribution in [0.25, 0.3) is 5.65 Å². The Kier molecular flexibility index (Phi) is 4.15. The van der Waals surface area contributed by atoms with Crippen molar-refractivity contribution in [3.05, 3.63) is 47.9 Å². The summed E-state index contributed by atoms with van der Waals surface area (Å²) in [5.74, 6) is 1.74. The molecule has 0 aromatic carbocycles.